The van der Waals surface area contributed by atoms with Gasteiger partial charge < -0.3 is 39.4 Å². The van der Waals surface area contributed by atoms with Gasteiger partial charge in [-0.15, -0.1) is 0 Å². The SMILES string of the molecule is CC(=O)O[C@H]1C[C@H]2OC[C@@]2(OC(C)=O)[C@@H]2[C@@H](OC(=O)c3ccccc3)[C@]3(O)CC(O)=C(C)[C@H]([C@@H](O)[C@@H](O)[C@]12C)C3(C)C. The number of carbonyl (C=O) groups is 3. The van der Waals surface area contributed by atoms with Gasteiger partial charge in [0.1, 0.15) is 23.9 Å². The van der Waals surface area contributed by atoms with Crippen LogP contribution in [0.4, 0.5) is 0 Å². The van der Waals surface area contributed by atoms with Crippen LogP contribution in [-0.2, 0) is 28.5 Å². The van der Waals surface area contributed by atoms with Gasteiger partial charge in [-0.05, 0) is 24.6 Å². The first-order valence-electron chi connectivity index (χ1n) is 14.2. The fourth-order valence-corrected chi connectivity index (χ4v) is 8.37. The Hall–Kier alpha value is -2.99. The Morgan fingerprint density at radius 2 is 1.64 bits per heavy atom. The van der Waals surface area contributed by atoms with Crippen molar-refractivity contribution in [3.63, 3.8) is 0 Å². The van der Waals surface area contributed by atoms with E-state index in [9.17, 15) is 34.8 Å². The van der Waals surface area contributed by atoms with Crippen LogP contribution in [0.1, 0.15) is 64.7 Å². The summed E-state index contributed by atoms with van der Waals surface area (Å²) >= 11 is 0. The lowest BCUT2D eigenvalue weighted by Crippen LogP contribution is -2.83. The zero-order valence-corrected chi connectivity index (χ0v) is 24.7. The zero-order chi connectivity index (χ0) is 31.0. The number of carbonyl (C=O) groups excluding carboxylic acids is 3. The molecule has 1 saturated heterocycles. The third-order valence-corrected chi connectivity index (χ3v) is 10.6. The van der Waals surface area contributed by atoms with E-state index in [0.29, 0.717) is 5.57 Å². The molecule has 3 fully saturated rings. The fraction of sp³-hybridized carbons (Fsp3) is 0.645. The third-order valence-electron chi connectivity index (χ3n) is 10.6. The van der Waals surface area contributed by atoms with Gasteiger partial charge in [0.15, 0.2) is 5.60 Å². The van der Waals surface area contributed by atoms with Crippen molar-refractivity contribution in [2.75, 3.05) is 6.61 Å². The molecule has 0 radical (unpaired) electrons. The molecule has 2 bridgehead atoms. The molecule has 11 nitrogen and oxygen atoms in total. The van der Waals surface area contributed by atoms with Crippen molar-refractivity contribution < 1.29 is 53.8 Å². The van der Waals surface area contributed by atoms with Crippen LogP contribution >= 0.6 is 0 Å². The minimum atomic E-state index is -2.07. The molecule has 1 aliphatic heterocycles. The second-order valence-corrected chi connectivity index (χ2v) is 13.1. The molecule has 1 aromatic carbocycles. The van der Waals surface area contributed by atoms with Crippen molar-refractivity contribution in [1.29, 1.82) is 0 Å². The first-order valence-corrected chi connectivity index (χ1v) is 14.2. The Morgan fingerprint density at radius 1 is 1.00 bits per heavy atom. The van der Waals surface area contributed by atoms with Crippen molar-refractivity contribution in [2.45, 2.75) is 96.1 Å². The smallest absolute Gasteiger partial charge is 0.338 e. The highest BCUT2D eigenvalue weighted by molar-refractivity contribution is 5.89. The Balaban J connectivity index is 1.83. The van der Waals surface area contributed by atoms with Crippen LogP contribution in [0.5, 0.6) is 0 Å². The van der Waals surface area contributed by atoms with Crippen LogP contribution in [0.15, 0.2) is 41.7 Å². The van der Waals surface area contributed by atoms with Gasteiger partial charge in [-0.2, -0.15) is 0 Å². The van der Waals surface area contributed by atoms with Gasteiger partial charge in [0.25, 0.3) is 0 Å². The number of ether oxygens (including phenoxy) is 4. The molecule has 42 heavy (non-hydrogen) atoms. The number of hydrogen-bond acceptors (Lipinski definition) is 11. The van der Waals surface area contributed by atoms with E-state index in [1.807, 2.05) is 0 Å². The zero-order valence-electron chi connectivity index (χ0n) is 24.7. The third kappa shape index (κ3) is 4.11. The summed E-state index contributed by atoms with van der Waals surface area (Å²) in [6.07, 6.45) is -7.07. The van der Waals surface area contributed by atoms with Crippen molar-refractivity contribution in [1.82, 2.24) is 0 Å². The van der Waals surface area contributed by atoms with E-state index in [2.05, 4.69) is 0 Å². The van der Waals surface area contributed by atoms with Crippen LogP contribution in [-0.4, -0.2) is 86.7 Å². The van der Waals surface area contributed by atoms with Crippen molar-refractivity contribution in [3.8, 4) is 0 Å². The Bertz CT molecular complexity index is 1310. The predicted molar refractivity (Wildman–Crippen MR) is 146 cm³/mol. The minimum Gasteiger partial charge on any atom is -0.512 e. The van der Waals surface area contributed by atoms with Crippen LogP contribution in [0.3, 0.4) is 0 Å². The number of hydrogen-bond donors (Lipinski definition) is 4. The van der Waals surface area contributed by atoms with E-state index >= 15 is 0 Å². The minimum absolute atomic E-state index is 0.00948. The Morgan fingerprint density at radius 3 is 2.19 bits per heavy atom. The molecular weight excluding hydrogens is 548 g/mol. The second kappa shape index (κ2) is 10.0. The van der Waals surface area contributed by atoms with Crippen molar-refractivity contribution in [2.24, 2.45) is 22.7 Å². The summed E-state index contributed by atoms with van der Waals surface area (Å²) in [5, 5.41) is 48.0. The Kier molecular flexibility index (Phi) is 7.28. The molecule has 3 aliphatic carbocycles. The van der Waals surface area contributed by atoms with Gasteiger partial charge in [0.05, 0.1) is 36.1 Å². The molecule has 11 heteroatoms. The van der Waals surface area contributed by atoms with E-state index in [-0.39, 0.29) is 30.8 Å². The van der Waals surface area contributed by atoms with Crippen molar-refractivity contribution in [3.05, 3.63) is 47.2 Å². The lowest BCUT2D eigenvalue weighted by Gasteiger charge is -2.69. The number of rotatable bonds is 4. The summed E-state index contributed by atoms with van der Waals surface area (Å²) in [7, 11) is 0. The summed E-state index contributed by atoms with van der Waals surface area (Å²) in [5.41, 5.74) is -6.00. The molecule has 4 N–H and O–H groups in total. The molecule has 5 rings (SSSR count). The van der Waals surface area contributed by atoms with Crippen LogP contribution in [0.2, 0.25) is 0 Å². The van der Waals surface area contributed by atoms with Crippen molar-refractivity contribution >= 4 is 17.9 Å². The highest BCUT2D eigenvalue weighted by Crippen LogP contribution is 2.65. The van der Waals surface area contributed by atoms with E-state index in [1.165, 1.54) is 13.8 Å². The molecular formula is C31H40O11. The molecule has 10 atom stereocenters. The Labute approximate surface area is 244 Å². The summed E-state index contributed by atoms with van der Waals surface area (Å²) in [4.78, 5) is 38.7. The highest BCUT2D eigenvalue weighted by atomic mass is 16.6. The van der Waals surface area contributed by atoms with Gasteiger partial charge in [-0.1, -0.05) is 39.0 Å². The molecule has 230 valence electrons. The highest BCUT2D eigenvalue weighted by Gasteiger charge is 2.78. The summed E-state index contributed by atoms with van der Waals surface area (Å²) < 4.78 is 23.8. The second-order valence-electron chi connectivity index (χ2n) is 13.1. The van der Waals surface area contributed by atoms with Gasteiger partial charge >= 0.3 is 17.9 Å². The molecule has 4 aliphatic rings. The lowest BCUT2D eigenvalue weighted by molar-refractivity contribution is -0.371. The van der Waals surface area contributed by atoms with E-state index in [1.54, 1.807) is 58.0 Å². The number of esters is 3. The topological polar surface area (TPSA) is 169 Å². The number of benzene rings is 1. The molecule has 1 heterocycles. The van der Waals surface area contributed by atoms with E-state index in [0.717, 1.165) is 0 Å². The first-order chi connectivity index (χ1) is 19.5. The molecule has 0 aromatic heterocycles. The van der Waals surface area contributed by atoms with Crippen LogP contribution < -0.4 is 0 Å². The molecule has 0 unspecified atom stereocenters. The largest absolute Gasteiger partial charge is 0.512 e. The normalized spacial score (nSPS) is 42.1. The number of aliphatic hydroxyl groups excluding tert-OH is 3. The van der Waals surface area contributed by atoms with Gasteiger partial charge in [0.2, 0.25) is 0 Å². The predicted octanol–water partition coefficient (Wildman–Crippen LogP) is 2.22. The standard InChI is InChI=1S/C31H40O11/c1-15-19(34)13-31(38)26(41-27(37)18-10-8-7-9-11-18)24-29(6,25(36)23(35)22(15)28(31,4)5)20(40-16(2)32)12-21-30(24,14-39-21)42-17(3)33/h7-11,20-26,34-36,38H,12-14H2,1-6H3/t20-,21+,22+,23+,24+,25+,26+,29+,30-,31+/m0/s1. The number of aliphatic hydroxyl groups is 4. The molecule has 2 saturated carbocycles. The molecule has 1 aromatic rings. The average molecular weight is 589 g/mol. The summed E-state index contributed by atoms with van der Waals surface area (Å²) in [6, 6.07) is 8.12. The maximum atomic E-state index is 13.7. The van der Waals surface area contributed by atoms with Gasteiger partial charge in [0, 0.05) is 43.4 Å². The van der Waals surface area contributed by atoms with Gasteiger partial charge in [-0.25, -0.2) is 4.79 Å². The first kappa shape index (κ1) is 30.5. The summed E-state index contributed by atoms with van der Waals surface area (Å²) in [6.45, 7) is 8.81. The van der Waals surface area contributed by atoms with Gasteiger partial charge in [-0.3, -0.25) is 9.59 Å². The molecule has 0 spiro atoms. The maximum Gasteiger partial charge on any atom is 0.338 e. The van der Waals surface area contributed by atoms with Crippen LogP contribution in [0.25, 0.3) is 0 Å². The lowest BCUT2D eigenvalue weighted by atomic mass is 9.43. The van der Waals surface area contributed by atoms with E-state index in [4.69, 9.17) is 18.9 Å². The monoisotopic (exact) mass is 588 g/mol. The molecule has 0 amide bonds. The number of fused-ring (bicyclic) bond motifs is 5. The van der Waals surface area contributed by atoms with E-state index < -0.39 is 82.3 Å². The quantitative estimate of drug-likeness (QED) is 0.301. The maximum absolute atomic E-state index is 13.7. The summed E-state index contributed by atoms with van der Waals surface area (Å²) in [5.74, 6) is -4.61. The van der Waals surface area contributed by atoms with Crippen LogP contribution in [0, 0.1) is 22.7 Å². The fourth-order valence-electron chi connectivity index (χ4n) is 8.37. The average Bonchev–Trinajstić information content (AvgIpc) is 2.90.